The number of benzene rings is 2. The first-order chi connectivity index (χ1) is 17.1. The lowest BCUT2D eigenvalue weighted by Gasteiger charge is -2.30. The van der Waals surface area contributed by atoms with Crippen LogP contribution in [0.5, 0.6) is 0 Å². The van der Waals surface area contributed by atoms with Crippen molar-refractivity contribution in [3.63, 3.8) is 0 Å². The summed E-state index contributed by atoms with van der Waals surface area (Å²) in [5.74, 6) is -0.723. The van der Waals surface area contributed by atoms with Crippen LogP contribution >= 0.6 is 11.6 Å². The van der Waals surface area contributed by atoms with E-state index in [2.05, 4.69) is 15.0 Å². The Hall–Kier alpha value is -2.99. The predicted octanol–water partition coefficient (Wildman–Crippen LogP) is 3.72. The molecule has 1 saturated heterocycles. The van der Waals surface area contributed by atoms with Crippen LogP contribution in [0, 0.1) is 5.92 Å². The zero-order valence-electron chi connectivity index (χ0n) is 19.2. The number of hydrogen-bond acceptors (Lipinski definition) is 6. The van der Waals surface area contributed by atoms with Gasteiger partial charge in [-0.25, -0.2) is 21.1 Å². The van der Waals surface area contributed by atoms with E-state index in [0.29, 0.717) is 34.8 Å². The Morgan fingerprint density at radius 1 is 0.972 bits per heavy atom. The molecule has 0 atom stereocenters. The van der Waals surface area contributed by atoms with Gasteiger partial charge >= 0.3 is 0 Å². The van der Waals surface area contributed by atoms with Crippen molar-refractivity contribution in [3.8, 4) is 0 Å². The summed E-state index contributed by atoms with van der Waals surface area (Å²) in [4.78, 5) is 16.7. The highest BCUT2D eigenvalue weighted by Gasteiger charge is 2.31. The monoisotopic (exact) mass is 548 g/mol. The Labute approximate surface area is 215 Å². The van der Waals surface area contributed by atoms with Gasteiger partial charge in [-0.3, -0.25) is 14.5 Å². The summed E-state index contributed by atoms with van der Waals surface area (Å²) in [6.45, 7) is 0.496. The maximum atomic E-state index is 12.8. The molecule has 2 N–H and O–H groups in total. The third-order valence-corrected chi connectivity index (χ3v) is 9.28. The molecule has 2 heterocycles. The van der Waals surface area contributed by atoms with E-state index in [9.17, 15) is 21.6 Å². The maximum absolute atomic E-state index is 12.8. The number of halogens is 1. The van der Waals surface area contributed by atoms with Crippen molar-refractivity contribution in [1.29, 1.82) is 0 Å². The van der Waals surface area contributed by atoms with Crippen LogP contribution in [0.2, 0.25) is 5.02 Å². The minimum Gasteiger partial charge on any atom is -0.326 e. The lowest BCUT2D eigenvalue weighted by molar-refractivity contribution is -0.120. The molecule has 1 fully saturated rings. The molecule has 190 valence electrons. The van der Waals surface area contributed by atoms with Gasteiger partial charge in [0, 0.05) is 35.9 Å². The van der Waals surface area contributed by atoms with Gasteiger partial charge in [-0.1, -0.05) is 23.7 Å². The summed E-state index contributed by atoms with van der Waals surface area (Å²) in [6.07, 6.45) is 3.73. The molecule has 0 radical (unpaired) electrons. The minimum absolute atomic E-state index is 0.0440. The Kier molecular flexibility index (Phi) is 7.94. The normalized spacial score (nSPS) is 15.4. The number of nitrogens with one attached hydrogen (secondary N) is 2. The number of anilines is 2. The lowest BCUT2D eigenvalue weighted by Crippen LogP contribution is -2.41. The van der Waals surface area contributed by atoms with Gasteiger partial charge in [0.2, 0.25) is 15.9 Å². The van der Waals surface area contributed by atoms with Crippen LogP contribution < -0.4 is 10.0 Å². The molecule has 1 aliphatic heterocycles. The largest absolute Gasteiger partial charge is 0.326 e. The van der Waals surface area contributed by atoms with Crippen molar-refractivity contribution in [2.24, 2.45) is 5.92 Å². The van der Waals surface area contributed by atoms with E-state index in [4.69, 9.17) is 11.6 Å². The van der Waals surface area contributed by atoms with Gasteiger partial charge in [-0.05, 0) is 66.9 Å². The van der Waals surface area contributed by atoms with Gasteiger partial charge in [-0.2, -0.15) is 0 Å². The highest BCUT2D eigenvalue weighted by molar-refractivity contribution is 7.92. The number of pyridine rings is 1. The Balaban J connectivity index is 1.31. The van der Waals surface area contributed by atoms with E-state index < -0.39 is 20.0 Å². The van der Waals surface area contributed by atoms with Gasteiger partial charge in [0.15, 0.2) is 0 Å². The number of sulfonamides is 2. The second kappa shape index (κ2) is 11.0. The van der Waals surface area contributed by atoms with Crippen LogP contribution in [-0.4, -0.2) is 45.1 Å². The summed E-state index contributed by atoms with van der Waals surface area (Å²) in [5, 5.41) is 3.27. The second-order valence-corrected chi connectivity index (χ2v) is 12.5. The van der Waals surface area contributed by atoms with Crippen LogP contribution in [0.25, 0.3) is 0 Å². The molecule has 36 heavy (non-hydrogen) atoms. The fourth-order valence-corrected chi connectivity index (χ4v) is 6.73. The second-order valence-electron chi connectivity index (χ2n) is 8.42. The Morgan fingerprint density at radius 3 is 2.33 bits per heavy atom. The number of carbonyl (C=O) groups is 1. The summed E-state index contributed by atoms with van der Waals surface area (Å²) in [7, 11) is -7.32. The van der Waals surface area contributed by atoms with Crippen molar-refractivity contribution in [2.75, 3.05) is 23.1 Å². The average Bonchev–Trinajstić information content (AvgIpc) is 2.84. The van der Waals surface area contributed by atoms with Crippen molar-refractivity contribution < 1.29 is 21.6 Å². The zero-order valence-corrected chi connectivity index (χ0v) is 21.6. The van der Waals surface area contributed by atoms with Gasteiger partial charge in [-0.15, -0.1) is 0 Å². The van der Waals surface area contributed by atoms with Gasteiger partial charge in [0.05, 0.1) is 22.5 Å². The molecule has 0 unspecified atom stereocenters. The van der Waals surface area contributed by atoms with Crippen molar-refractivity contribution in [3.05, 3.63) is 83.6 Å². The molecule has 12 heteroatoms. The molecule has 0 saturated carbocycles. The molecule has 0 aliphatic carbocycles. The average molecular weight is 549 g/mol. The standard InChI is InChI=1S/C24H25ClN4O5S2/c25-20-4-1-3-18(15-20)17-35(31,32)29-13-10-19(11-14-29)24(30)27-21-6-8-23(9-7-21)36(33,34)28-22-5-2-12-26-16-22/h1-9,12,15-16,19,28H,10-11,13-14,17H2,(H,27,30). The van der Waals surface area contributed by atoms with E-state index in [-0.39, 0.29) is 35.6 Å². The van der Waals surface area contributed by atoms with Gasteiger partial charge in [0.1, 0.15) is 0 Å². The first-order valence-electron chi connectivity index (χ1n) is 11.2. The number of amides is 1. The minimum atomic E-state index is -3.80. The third kappa shape index (κ3) is 6.61. The quantitative estimate of drug-likeness (QED) is 0.442. The van der Waals surface area contributed by atoms with Crippen LogP contribution in [0.15, 0.2) is 78.0 Å². The fraction of sp³-hybridized carbons (Fsp3) is 0.250. The van der Waals surface area contributed by atoms with E-state index in [1.54, 1.807) is 42.6 Å². The molecule has 1 aromatic heterocycles. The van der Waals surface area contributed by atoms with Crippen LogP contribution in [0.1, 0.15) is 18.4 Å². The lowest BCUT2D eigenvalue weighted by atomic mass is 9.97. The summed E-state index contributed by atoms with van der Waals surface area (Å²) < 4.78 is 54.5. The summed E-state index contributed by atoms with van der Waals surface area (Å²) >= 11 is 5.96. The molecule has 3 aromatic rings. The zero-order chi connectivity index (χ0) is 25.8. The van der Waals surface area contributed by atoms with Gasteiger partial charge < -0.3 is 5.32 Å². The van der Waals surface area contributed by atoms with E-state index >= 15 is 0 Å². The van der Waals surface area contributed by atoms with Crippen molar-refractivity contribution in [2.45, 2.75) is 23.5 Å². The van der Waals surface area contributed by atoms with Crippen LogP contribution in [0.3, 0.4) is 0 Å². The number of rotatable bonds is 8. The number of aromatic nitrogens is 1. The number of nitrogens with zero attached hydrogens (tertiary/aromatic N) is 2. The summed E-state index contributed by atoms with van der Waals surface area (Å²) in [6, 6.07) is 15.8. The SMILES string of the molecule is O=C(Nc1ccc(S(=O)(=O)Nc2cccnc2)cc1)C1CCN(S(=O)(=O)Cc2cccc(Cl)c2)CC1. The van der Waals surface area contributed by atoms with Crippen LogP contribution in [0.4, 0.5) is 11.4 Å². The highest BCUT2D eigenvalue weighted by atomic mass is 35.5. The topological polar surface area (TPSA) is 126 Å². The van der Waals surface area contributed by atoms with Crippen LogP contribution in [-0.2, 0) is 30.6 Å². The Morgan fingerprint density at radius 2 is 1.69 bits per heavy atom. The molecule has 2 aromatic carbocycles. The highest BCUT2D eigenvalue weighted by Crippen LogP contribution is 2.24. The molecular weight excluding hydrogens is 524 g/mol. The maximum Gasteiger partial charge on any atom is 0.261 e. The first-order valence-corrected chi connectivity index (χ1v) is 14.7. The Bertz CT molecular complexity index is 1420. The number of hydrogen-bond donors (Lipinski definition) is 2. The fourth-order valence-electron chi connectivity index (χ4n) is 3.92. The molecule has 1 amide bonds. The molecular formula is C24H25ClN4O5S2. The molecule has 9 nitrogen and oxygen atoms in total. The first kappa shape index (κ1) is 26.1. The van der Waals surface area contributed by atoms with E-state index in [1.165, 1.54) is 34.8 Å². The number of piperidine rings is 1. The molecule has 0 bridgehead atoms. The van der Waals surface area contributed by atoms with Crippen molar-refractivity contribution in [1.82, 2.24) is 9.29 Å². The molecule has 0 spiro atoms. The van der Waals surface area contributed by atoms with E-state index in [1.807, 2.05) is 0 Å². The summed E-state index contributed by atoms with van der Waals surface area (Å²) in [5.41, 5.74) is 1.41. The predicted molar refractivity (Wildman–Crippen MR) is 138 cm³/mol. The van der Waals surface area contributed by atoms with Crippen molar-refractivity contribution >= 4 is 48.9 Å². The third-order valence-electron chi connectivity index (χ3n) is 5.80. The number of carbonyl (C=O) groups excluding carboxylic acids is 1. The van der Waals surface area contributed by atoms with E-state index in [0.717, 1.165) is 0 Å². The molecule has 1 aliphatic rings. The molecule has 4 rings (SSSR count). The smallest absolute Gasteiger partial charge is 0.261 e. The van der Waals surface area contributed by atoms with Gasteiger partial charge in [0.25, 0.3) is 10.0 Å².